The van der Waals surface area contributed by atoms with Gasteiger partial charge in [-0.15, -0.1) is 0 Å². The number of hydrogen-bond donors (Lipinski definition) is 1. The summed E-state index contributed by atoms with van der Waals surface area (Å²) in [5.74, 6) is -1.36. The zero-order chi connectivity index (χ0) is 15.0. The Morgan fingerprint density at radius 2 is 1.95 bits per heavy atom. The summed E-state index contributed by atoms with van der Waals surface area (Å²) in [6.45, 7) is 0. The molecule has 21 heavy (non-hydrogen) atoms. The second-order valence-corrected chi connectivity index (χ2v) is 4.57. The first-order chi connectivity index (χ1) is 10.1. The summed E-state index contributed by atoms with van der Waals surface area (Å²) in [5, 5.41) is 0.469. The first-order valence-electron chi connectivity index (χ1n) is 6.25. The van der Waals surface area contributed by atoms with Gasteiger partial charge >= 0.3 is 0 Å². The molecule has 0 aliphatic heterocycles. The van der Waals surface area contributed by atoms with E-state index in [-0.39, 0.29) is 17.1 Å². The van der Waals surface area contributed by atoms with E-state index in [0.29, 0.717) is 16.5 Å². The summed E-state index contributed by atoms with van der Waals surface area (Å²) >= 11 is 0. The number of benzene rings is 2. The third-order valence-corrected chi connectivity index (χ3v) is 3.30. The van der Waals surface area contributed by atoms with Gasteiger partial charge in [-0.25, -0.2) is 8.78 Å². The summed E-state index contributed by atoms with van der Waals surface area (Å²) in [6.07, 6.45) is 1.49. The topological polar surface area (TPSA) is 42.1 Å². The quantitative estimate of drug-likeness (QED) is 0.746. The van der Waals surface area contributed by atoms with E-state index in [2.05, 4.69) is 4.98 Å². The number of carbonyl (C=O) groups excluding carboxylic acids is 1. The molecule has 0 aliphatic carbocycles. The maximum absolute atomic E-state index is 13.7. The number of aromatic nitrogens is 1. The van der Waals surface area contributed by atoms with Gasteiger partial charge in [-0.05, 0) is 36.4 Å². The molecule has 1 N–H and O–H groups in total. The monoisotopic (exact) mass is 287 g/mol. The van der Waals surface area contributed by atoms with E-state index in [4.69, 9.17) is 4.74 Å². The third kappa shape index (κ3) is 2.27. The Morgan fingerprint density at radius 1 is 1.14 bits per heavy atom. The Balaban J connectivity index is 2.08. The number of H-pyrrole nitrogens is 1. The van der Waals surface area contributed by atoms with Crippen molar-refractivity contribution in [2.24, 2.45) is 0 Å². The standard InChI is InChI=1S/C16H11F2NO2/c1-21-15-5-2-9(6-13(15)18)16(20)12-8-19-14-4-3-10(17)7-11(12)14/h2-8,19H,1H3. The van der Waals surface area contributed by atoms with Gasteiger partial charge in [0.05, 0.1) is 7.11 Å². The minimum absolute atomic E-state index is 0.0662. The van der Waals surface area contributed by atoms with E-state index in [1.807, 2.05) is 0 Å². The number of nitrogens with one attached hydrogen (secondary N) is 1. The Kier molecular flexibility index (Phi) is 3.17. The lowest BCUT2D eigenvalue weighted by atomic mass is 10.0. The first-order valence-corrected chi connectivity index (χ1v) is 6.25. The van der Waals surface area contributed by atoms with Gasteiger partial charge in [0.1, 0.15) is 5.82 Å². The highest BCUT2D eigenvalue weighted by Crippen LogP contribution is 2.24. The van der Waals surface area contributed by atoms with Crippen LogP contribution in [-0.2, 0) is 0 Å². The highest BCUT2D eigenvalue weighted by Gasteiger charge is 2.16. The van der Waals surface area contributed by atoms with Crippen molar-refractivity contribution in [1.29, 1.82) is 0 Å². The van der Waals surface area contributed by atoms with E-state index in [1.54, 1.807) is 6.07 Å². The van der Waals surface area contributed by atoms with Gasteiger partial charge in [-0.1, -0.05) is 0 Å². The van der Waals surface area contributed by atoms with Gasteiger partial charge in [0.15, 0.2) is 17.3 Å². The summed E-state index contributed by atoms with van der Waals surface area (Å²) in [7, 11) is 1.35. The van der Waals surface area contributed by atoms with Gasteiger partial charge in [0.2, 0.25) is 0 Å². The molecule has 0 unspecified atom stereocenters. The zero-order valence-corrected chi connectivity index (χ0v) is 11.1. The van der Waals surface area contributed by atoms with Gasteiger partial charge in [0, 0.05) is 28.2 Å². The van der Waals surface area contributed by atoms with Crippen LogP contribution in [0.25, 0.3) is 10.9 Å². The van der Waals surface area contributed by atoms with Crippen molar-refractivity contribution in [3.8, 4) is 5.75 Å². The molecule has 1 aromatic heterocycles. The smallest absolute Gasteiger partial charge is 0.195 e. The highest BCUT2D eigenvalue weighted by molar-refractivity contribution is 6.16. The van der Waals surface area contributed by atoms with Gasteiger partial charge in [-0.3, -0.25) is 4.79 Å². The molecule has 3 aromatic rings. The number of halogens is 2. The Labute approximate surface area is 119 Å². The molecule has 1 heterocycles. The van der Waals surface area contributed by atoms with Crippen molar-refractivity contribution in [2.45, 2.75) is 0 Å². The number of ketones is 1. The molecule has 2 aromatic carbocycles. The average Bonchev–Trinajstić information content (AvgIpc) is 2.89. The zero-order valence-electron chi connectivity index (χ0n) is 11.1. The van der Waals surface area contributed by atoms with Crippen molar-refractivity contribution in [1.82, 2.24) is 4.98 Å². The van der Waals surface area contributed by atoms with Crippen LogP contribution in [0.1, 0.15) is 15.9 Å². The fraction of sp³-hybridized carbons (Fsp3) is 0.0625. The average molecular weight is 287 g/mol. The van der Waals surface area contributed by atoms with Gasteiger partial charge in [0.25, 0.3) is 0 Å². The molecule has 0 amide bonds. The lowest BCUT2D eigenvalue weighted by Gasteiger charge is -2.04. The Bertz CT molecular complexity index is 839. The maximum atomic E-state index is 13.7. The molecule has 106 valence electrons. The van der Waals surface area contributed by atoms with E-state index in [9.17, 15) is 13.6 Å². The van der Waals surface area contributed by atoms with Crippen LogP contribution in [0, 0.1) is 11.6 Å². The predicted octanol–water partition coefficient (Wildman–Crippen LogP) is 3.69. The molecule has 0 fully saturated rings. The third-order valence-electron chi connectivity index (χ3n) is 3.30. The summed E-state index contributed by atoms with van der Waals surface area (Å²) in [4.78, 5) is 15.3. The molecule has 0 radical (unpaired) electrons. The fourth-order valence-corrected chi connectivity index (χ4v) is 2.24. The molecule has 0 saturated carbocycles. The fourth-order valence-electron chi connectivity index (χ4n) is 2.24. The van der Waals surface area contributed by atoms with E-state index < -0.39 is 11.6 Å². The molecule has 5 heteroatoms. The van der Waals surface area contributed by atoms with Crippen LogP contribution in [0.15, 0.2) is 42.6 Å². The highest BCUT2D eigenvalue weighted by atomic mass is 19.1. The van der Waals surface area contributed by atoms with Crippen LogP contribution in [0.5, 0.6) is 5.75 Å². The number of methoxy groups -OCH3 is 1. The van der Waals surface area contributed by atoms with Gasteiger partial charge in [-0.2, -0.15) is 0 Å². The second kappa shape index (κ2) is 5.01. The van der Waals surface area contributed by atoms with E-state index in [1.165, 1.54) is 37.6 Å². The van der Waals surface area contributed by atoms with Crippen LogP contribution in [-0.4, -0.2) is 17.9 Å². The number of ether oxygens (including phenoxy) is 1. The van der Waals surface area contributed by atoms with Crippen molar-refractivity contribution < 1.29 is 18.3 Å². The molecule has 3 nitrogen and oxygen atoms in total. The van der Waals surface area contributed by atoms with Crippen molar-refractivity contribution in [2.75, 3.05) is 7.11 Å². The number of aromatic amines is 1. The SMILES string of the molecule is COc1ccc(C(=O)c2c[nH]c3ccc(F)cc23)cc1F. The molecular formula is C16H11F2NO2. The predicted molar refractivity (Wildman–Crippen MR) is 74.6 cm³/mol. The molecule has 0 aliphatic rings. The number of hydrogen-bond acceptors (Lipinski definition) is 2. The van der Waals surface area contributed by atoms with Crippen LogP contribution < -0.4 is 4.74 Å². The van der Waals surface area contributed by atoms with Crippen LogP contribution >= 0.6 is 0 Å². The Hall–Kier alpha value is -2.69. The van der Waals surface area contributed by atoms with Gasteiger partial charge < -0.3 is 9.72 Å². The second-order valence-electron chi connectivity index (χ2n) is 4.57. The molecule has 0 spiro atoms. The number of carbonyl (C=O) groups is 1. The Morgan fingerprint density at radius 3 is 2.67 bits per heavy atom. The molecule has 0 atom stereocenters. The normalized spacial score (nSPS) is 10.8. The first kappa shape index (κ1) is 13.3. The lowest BCUT2D eigenvalue weighted by molar-refractivity contribution is 0.104. The van der Waals surface area contributed by atoms with Crippen molar-refractivity contribution in [3.05, 3.63) is 65.4 Å². The van der Waals surface area contributed by atoms with Crippen LogP contribution in [0.4, 0.5) is 8.78 Å². The minimum Gasteiger partial charge on any atom is -0.494 e. The van der Waals surface area contributed by atoms with Crippen molar-refractivity contribution >= 4 is 16.7 Å². The summed E-state index contributed by atoms with van der Waals surface area (Å²) < 4.78 is 31.8. The number of rotatable bonds is 3. The summed E-state index contributed by atoms with van der Waals surface area (Å²) in [5.41, 5.74) is 1.13. The maximum Gasteiger partial charge on any atom is 0.195 e. The minimum atomic E-state index is -0.616. The van der Waals surface area contributed by atoms with E-state index in [0.717, 1.165) is 6.07 Å². The molecule has 3 rings (SSSR count). The van der Waals surface area contributed by atoms with Crippen LogP contribution in [0.3, 0.4) is 0 Å². The summed E-state index contributed by atoms with van der Waals surface area (Å²) in [6, 6.07) is 8.11. The molecule has 0 bridgehead atoms. The number of fused-ring (bicyclic) bond motifs is 1. The lowest BCUT2D eigenvalue weighted by Crippen LogP contribution is -2.02. The largest absolute Gasteiger partial charge is 0.494 e. The van der Waals surface area contributed by atoms with E-state index >= 15 is 0 Å². The van der Waals surface area contributed by atoms with Crippen LogP contribution in [0.2, 0.25) is 0 Å². The van der Waals surface area contributed by atoms with Crippen molar-refractivity contribution in [3.63, 3.8) is 0 Å². The molecule has 0 saturated heterocycles. The molecular weight excluding hydrogens is 276 g/mol.